The van der Waals surface area contributed by atoms with Gasteiger partial charge in [-0.3, -0.25) is 9.59 Å². The van der Waals surface area contributed by atoms with Gasteiger partial charge in [0.05, 0.1) is 7.11 Å². The summed E-state index contributed by atoms with van der Waals surface area (Å²) >= 11 is 0. The Morgan fingerprint density at radius 2 is 1.77 bits per heavy atom. The quantitative estimate of drug-likeness (QED) is 0.202. The molecule has 0 saturated heterocycles. The largest absolute Gasteiger partial charge is 0.469 e. The molecule has 0 unspecified atom stereocenters. The molecule has 3 saturated carbocycles. The number of hydrogen-bond acceptors (Lipinski definition) is 4. The zero-order valence-corrected chi connectivity index (χ0v) is 23.2. The van der Waals surface area contributed by atoms with Crippen LogP contribution in [0.2, 0.25) is 0 Å². The van der Waals surface area contributed by atoms with E-state index in [0.717, 1.165) is 54.8 Å². The summed E-state index contributed by atoms with van der Waals surface area (Å²) in [6.07, 6.45) is 15.9. The van der Waals surface area contributed by atoms with Crippen molar-refractivity contribution in [1.82, 2.24) is 0 Å². The summed E-state index contributed by atoms with van der Waals surface area (Å²) in [4.78, 5) is 23.6. The first-order chi connectivity index (χ1) is 16.6. The normalized spacial score (nSPS) is 39.2. The Hall–Kier alpha value is -1.32. The second-order valence-corrected chi connectivity index (χ2v) is 13.4. The van der Waals surface area contributed by atoms with E-state index in [4.69, 9.17) is 4.74 Å². The molecule has 0 aromatic carbocycles. The fourth-order valence-corrected chi connectivity index (χ4v) is 9.17. The summed E-state index contributed by atoms with van der Waals surface area (Å²) in [6, 6.07) is 0. The Morgan fingerprint density at radius 1 is 1.00 bits per heavy atom. The zero-order chi connectivity index (χ0) is 25.4. The van der Waals surface area contributed by atoms with Gasteiger partial charge in [0.2, 0.25) is 0 Å². The van der Waals surface area contributed by atoms with E-state index in [1.54, 1.807) is 0 Å². The Morgan fingerprint density at radius 3 is 2.49 bits per heavy atom. The molecule has 0 aliphatic heterocycles. The van der Waals surface area contributed by atoms with E-state index in [-0.39, 0.29) is 17.9 Å². The second kappa shape index (κ2) is 10.6. The first kappa shape index (κ1) is 26.7. The molecule has 0 N–H and O–H groups in total. The van der Waals surface area contributed by atoms with Crippen LogP contribution in [0.4, 0.5) is 0 Å². The summed E-state index contributed by atoms with van der Waals surface area (Å²) in [5.41, 5.74) is 2.28. The Kier molecular flexibility index (Phi) is 8.08. The lowest BCUT2D eigenvalue weighted by molar-refractivity contribution is -0.158. The molecule has 0 heterocycles. The van der Waals surface area contributed by atoms with Crippen molar-refractivity contribution < 1.29 is 19.1 Å². The molecule has 4 nitrogen and oxygen atoms in total. The number of fused-ring (bicyclic) bond motifs is 5. The third-order valence-electron chi connectivity index (χ3n) is 11.1. The highest BCUT2D eigenvalue weighted by molar-refractivity contribution is 5.91. The van der Waals surface area contributed by atoms with Crippen molar-refractivity contribution >= 4 is 11.9 Å². The fraction of sp³-hybridized carbons (Fsp3) is 0.871. The summed E-state index contributed by atoms with van der Waals surface area (Å²) in [5.74, 6) is 4.03. The zero-order valence-electron chi connectivity index (χ0n) is 23.2. The van der Waals surface area contributed by atoms with Crippen LogP contribution in [0, 0.1) is 46.3 Å². The minimum absolute atomic E-state index is 0.0977. The van der Waals surface area contributed by atoms with Crippen molar-refractivity contribution in [2.24, 2.45) is 46.3 Å². The van der Waals surface area contributed by atoms with Crippen LogP contribution in [0.3, 0.4) is 0 Å². The maximum atomic E-state index is 12.2. The van der Waals surface area contributed by atoms with Crippen molar-refractivity contribution in [2.75, 3.05) is 7.11 Å². The molecule has 35 heavy (non-hydrogen) atoms. The monoisotopic (exact) mass is 486 g/mol. The molecule has 0 bridgehead atoms. The Bertz CT molecular complexity index is 815. The highest BCUT2D eigenvalue weighted by atomic mass is 16.6. The molecule has 8 atom stereocenters. The topological polar surface area (TPSA) is 52.6 Å². The molecule has 4 aliphatic carbocycles. The molecule has 0 spiro atoms. The van der Waals surface area contributed by atoms with Gasteiger partial charge < -0.3 is 9.47 Å². The van der Waals surface area contributed by atoms with E-state index in [0.29, 0.717) is 5.41 Å². The highest BCUT2D eigenvalue weighted by Crippen LogP contribution is 2.67. The van der Waals surface area contributed by atoms with E-state index in [1.807, 2.05) is 0 Å². The first-order valence-electron chi connectivity index (χ1n) is 14.5. The molecule has 3 fully saturated rings. The number of rotatable bonds is 8. The van der Waals surface area contributed by atoms with Crippen molar-refractivity contribution in [2.45, 2.75) is 118 Å². The van der Waals surface area contributed by atoms with Gasteiger partial charge in [-0.05, 0) is 91.3 Å². The van der Waals surface area contributed by atoms with E-state index >= 15 is 0 Å². The van der Waals surface area contributed by atoms with Gasteiger partial charge in [0.25, 0.3) is 0 Å². The first-order valence-corrected chi connectivity index (χ1v) is 14.5. The van der Waals surface area contributed by atoms with Gasteiger partial charge >= 0.3 is 11.9 Å². The molecule has 4 rings (SSSR count). The lowest BCUT2D eigenvalue weighted by atomic mass is 9.47. The van der Waals surface area contributed by atoms with Crippen molar-refractivity contribution in [3.05, 3.63) is 11.6 Å². The van der Waals surface area contributed by atoms with Gasteiger partial charge in [-0.25, -0.2) is 0 Å². The van der Waals surface area contributed by atoms with Crippen molar-refractivity contribution in [3.8, 4) is 0 Å². The molecular formula is C31H50O4. The van der Waals surface area contributed by atoms with Crippen LogP contribution in [0.25, 0.3) is 0 Å². The smallest absolute Gasteiger partial charge is 0.317 e. The number of allylic oxidation sites excluding steroid dienone is 1. The number of methoxy groups -OCH3 is 1. The number of esters is 2. The summed E-state index contributed by atoms with van der Waals surface area (Å²) in [7, 11) is 1.31. The second-order valence-electron chi connectivity index (χ2n) is 13.4. The van der Waals surface area contributed by atoms with Crippen molar-refractivity contribution in [1.29, 1.82) is 0 Å². The molecule has 198 valence electrons. The van der Waals surface area contributed by atoms with Gasteiger partial charge in [-0.1, -0.05) is 65.5 Å². The van der Waals surface area contributed by atoms with Crippen LogP contribution in [-0.2, 0) is 19.1 Å². The summed E-state index contributed by atoms with van der Waals surface area (Å²) < 4.78 is 10.3. The van der Waals surface area contributed by atoms with Gasteiger partial charge in [0, 0.05) is 6.42 Å². The van der Waals surface area contributed by atoms with Crippen LogP contribution in [0.5, 0.6) is 0 Å². The average Bonchev–Trinajstić information content (AvgIpc) is 3.16. The van der Waals surface area contributed by atoms with Crippen LogP contribution < -0.4 is 0 Å². The van der Waals surface area contributed by atoms with E-state index < -0.39 is 11.9 Å². The van der Waals surface area contributed by atoms with Gasteiger partial charge in [0.15, 0.2) is 0 Å². The van der Waals surface area contributed by atoms with E-state index in [2.05, 4.69) is 45.4 Å². The maximum absolute atomic E-state index is 12.2. The predicted molar refractivity (Wildman–Crippen MR) is 140 cm³/mol. The van der Waals surface area contributed by atoms with Gasteiger partial charge in [-0.15, -0.1) is 0 Å². The molecule has 0 radical (unpaired) electrons. The van der Waals surface area contributed by atoms with Crippen LogP contribution in [0.1, 0.15) is 112 Å². The standard InChI is InChI=1S/C31H50O4/c1-20(2)8-7-9-21(3)25-12-13-26-24-11-10-22-18-23(35-29(33)19-28(32)34-6)14-16-30(22,4)27(24)15-17-31(25,26)5/h10,20-21,23-27H,7-9,11-19H2,1-6H3/t21-,23+,24+,25-,26+,27+,30+,31-/m1/s1. The van der Waals surface area contributed by atoms with Crippen LogP contribution in [0.15, 0.2) is 11.6 Å². The minimum atomic E-state index is -0.523. The van der Waals surface area contributed by atoms with Crippen molar-refractivity contribution in [3.63, 3.8) is 0 Å². The average molecular weight is 487 g/mol. The predicted octanol–water partition coefficient (Wildman–Crippen LogP) is 7.50. The van der Waals surface area contributed by atoms with Gasteiger partial charge in [0.1, 0.15) is 12.5 Å². The molecule has 0 aromatic heterocycles. The Balaban J connectivity index is 1.41. The summed E-state index contributed by atoms with van der Waals surface area (Å²) in [5, 5.41) is 0. The third kappa shape index (κ3) is 5.23. The van der Waals surface area contributed by atoms with Crippen LogP contribution in [-0.4, -0.2) is 25.2 Å². The fourth-order valence-electron chi connectivity index (χ4n) is 9.17. The van der Waals surface area contributed by atoms with Gasteiger partial charge in [-0.2, -0.15) is 0 Å². The number of ether oxygens (including phenoxy) is 2. The third-order valence-corrected chi connectivity index (χ3v) is 11.1. The van der Waals surface area contributed by atoms with Crippen LogP contribution >= 0.6 is 0 Å². The highest BCUT2D eigenvalue weighted by Gasteiger charge is 2.59. The summed E-state index contributed by atoms with van der Waals surface area (Å²) in [6.45, 7) is 12.4. The Labute approximate surface area is 214 Å². The molecular weight excluding hydrogens is 436 g/mol. The molecule has 0 amide bonds. The minimum Gasteiger partial charge on any atom is -0.469 e. The molecule has 4 heteroatoms. The number of hydrogen-bond donors (Lipinski definition) is 0. The lowest BCUT2D eigenvalue weighted by Crippen LogP contribution is -2.51. The number of carbonyl (C=O) groups excluding carboxylic acids is 2. The maximum Gasteiger partial charge on any atom is 0.317 e. The SMILES string of the molecule is COC(=O)CC(=O)O[C@H]1CC[C@@]2(C)C(=CC[C@H]3[C@@H]4CC[C@H]([C@H](C)CCCC(C)C)[C@@]4(C)CC[C@@H]32)C1. The van der Waals surface area contributed by atoms with E-state index in [1.165, 1.54) is 64.0 Å². The lowest BCUT2D eigenvalue weighted by Gasteiger charge is -2.58. The van der Waals surface area contributed by atoms with E-state index in [9.17, 15) is 9.59 Å². The molecule has 0 aromatic rings. The number of carbonyl (C=O) groups is 2. The molecule has 4 aliphatic rings.